The Morgan fingerprint density at radius 1 is 1.08 bits per heavy atom. The summed E-state index contributed by atoms with van der Waals surface area (Å²) in [6, 6.07) is 7.62. The minimum atomic E-state index is 0.857. The molecule has 1 aliphatic rings. The third-order valence-corrected chi connectivity index (χ3v) is 2.11. The summed E-state index contributed by atoms with van der Waals surface area (Å²) in [6.45, 7) is 2.07. The van der Waals surface area contributed by atoms with E-state index in [1.54, 1.807) is 7.11 Å². The van der Waals surface area contributed by atoms with E-state index in [0.29, 0.717) is 0 Å². The second-order valence-corrected chi connectivity index (χ2v) is 3.05. The van der Waals surface area contributed by atoms with Gasteiger partial charge in [-0.3, -0.25) is 0 Å². The number of rotatable bonds is 3. The van der Waals surface area contributed by atoms with Crippen molar-refractivity contribution in [2.24, 2.45) is 0 Å². The summed E-state index contributed by atoms with van der Waals surface area (Å²) in [5, 5.41) is 1.95. The molecule has 0 N–H and O–H groups in total. The Morgan fingerprint density at radius 3 is 2.15 bits per heavy atom. The summed E-state index contributed by atoms with van der Waals surface area (Å²) in [5.74, 6) is 1.73. The summed E-state index contributed by atoms with van der Waals surface area (Å²) in [5.41, 5.74) is 0. The fourth-order valence-electron chi connectivity index (χ4n) is 1.16. The van der Waals surface area contributed by atoms with Crippen molar-refractivity contribution in [3.8, 4) is 11.5 Å². The van der Waals surface area contributed by atoms with E-state index >= 15 is 0 Å². The van der Waals surface area contributed by atoms with E-state index in [9.17, 15) is 0 Å². The molecular weight excluding hydrogens is 166 g/mol. The van der Waals surface area contributed by atoms with E-state index in [-0.39, 0.29) is 0 Å². The topological polar surface area (TPSA) is 21.7 Å². The van der Waals surface area contributed by atoms with Crippen molar-refractivity contribution in [3.05, 3.63) is 24.3 Å². The monoisotopic (exact) mass is 179 g/mol. The van der Waals surface area contributed by atoms with Gasteiger partial charge in [-0.1, -0.05) is 0 Å². The lowest BCUT2D eigenvalue weighted by Crippen LogP contribution is -2.39. The molecule has 1 aromatic carbocycles. The van der Waals surface area contributed by atoms with Crippen LogP contribution in [0.5, 0.6) is 11.5 Å². The van der Waals surface area contributed by atoms with E-state index in [1.807, 2.05) is 29.3 Å². The number of nitrogens with zero attached hydrogens (tertiary/aromatic N) is 1. The molecule has 1 aliphatic heterocycles. The highest BCUT2D eigenvalue weighted by Gasteiger charge is 2.15. The number of hydrogen-bond acceptors (Lipinski definition) is 3. The second-order valence-electron chi connectivity index (χ2n) is 3.05. The maximum absolute atomic E-state index is 5.53. The maximum Gasteiger partial charge on any atom is 0.147 e. The Bertz CT molecular complexity index is 267. The Balaban J connectivity index is 1.96. The van der Waals surface area contributed by atoms with Crippen molar-refractivity contribution < 1.29 is 9.57 Å². The maximum atomic E-state index is 5.53. The third-order valence-electron chi connectivity index (χ3n) is 2.11. The van der Waals surface area contributed by atoms with Crippen molar-refractivity contribution in [1.82, 2.24) is 5.06 Å². The van der Waals surface area contributed by atoms with Gasteiger partial charge in [-0.05, 0) is 30.7 Å². The molecule has 1 saturated heterocycles. The smallest absolute Gasteiger partial charge is 0.147 e. The second kappa shape index (κ2) is 3.66. The van der Waals surface area contributed by atoms with E-state index < -0.39 is 0 Å². The third kappa shape index (κ3) is 1.92. The largest absolute Gasteiger partial charge is 0.497 e. The van der Waals surface area contributed by atoms with E-state index in [4.69, 9.17) is 9.57 Å². The molecule has 70 valence electrons. The van der Waals surface area contributed by atoms with Gasteiger partial charge in [-0.15, -0.1) is 5.06 Å². The Hall–Kier alpha value is -1.22. The Kier molecular flexibility index (Phi) is 2.36. The molecule has 0 spiro atoms. The first-order valence-electron chi connectivity index (χ1n) is 4.45. The van der Waals surface area contributed by atoms with Crippen molar-refractivity contribution >= 4 is 0 Å². The van der Waals surface area contributed by atoms with Gasteiger partial charge in [0.05, 0.1) is 7.11 Å². The van der Waals surface area contributed by atoms with Gasteiger partial charge in [0.1, 0.15) is 11.5 Å². The molecular formula is C10H13NO2. The van der Waals surface area contributed by atoms with Crippen LogP contribution in [-0.2, 0) is 0 Å². The van der Waals surface area contributed by atoms with Gasteiger partial charge < -0.3 is 9.57 Å². The first-order valence-corrected chi connectivity index (χ1v) is 4.45. The lowest BCUT2D eigenvalue weighted by Gasteiger charge is -2.29. The van der Waals surface area contributed by atoms with Gasteiger partial charge in [0, 0.05) is 13.1 Å². The van der Waals surface area contributed by atoms with Gasteiger partial charge in [-0.25, -0.2) is 0 Å². The highest BCUT2D eigenvalue weighted by molar-refractivity contribution is 5.30. The highest BCUT2D eigenvalue weighted by atomic mass is 16.7. The summed E-state index contributed by atoms with van der Waals surface area (Å²) in [7, 11) is 1.66. The van der Waals surface area contributed by atoms with Gasteiger partial charge in [0.15, 0.2) is 0 Å². The molecule has 0 atom stereocenters. The summed E-state index contributed by atoms with van der Waals surface area (Å²) < 4.78 is 5.05. The van der Waals surface area contributed by atoms with Crippen molar-refractivity contribution in [2.75, 3.05) is 20.2 Å². The van der Waals surface area contributed by atoms with Crippen molar-refractivity contribution in [3.63, 3.8) is 0 Å². The van der Waals surface area contributed by atoms with Crippen LogP contribution >= 0.6 is 0 Å². The Labute approximate surface area is 77.8 Å². The predicted octanol–water partition coefficient (Wildman–Crippen LogP) is 1.69. The molecule has 13 heavy (non-hydrogen) atoms. The van der Waals surface area contributed by atoms with E-state index in [2.05, 4.69) is 0 Å². The number of hydroxylamine groups is 2. The molecule has 1 fully saturated rings. The van der Waals surface area contributed by atoms with Crippen LogP contribution in [0.1, 0.15) is 6.42 Å². The van der Waals surface area contributed by atoms with Crippen LogP contribution in [0.4, 0.5) is 0 Å². The molecule has 0 aromatic heterocycles. The highest BCUT2D eigenvalue weighted by Crippen LogP contribution is 2.19. The average Bonchev–Trinajstić information content (AvgIpc) is 2.12. The quantitative estimate of drug-likeness (QED) is 0.704. The number of hydrogen-bond donors (Lipinski definition) is 0. The fourth-order valence-corrected chi connectivity index (χ4v) is 1.16. The van der Waals surface area contributed by atoms with Gasteiger partial charge >= 0.3 is 0 Å². The summed E-state index contributed by atoms with van der Waals surface area (Å²) in [6.07, 6.45) is 1.23. The Morgan fingerprint density at radius 2 is 1.69 bits per heavy atom. The first-order chi connectivity index (χ1) is 6.38. The molecule has 0 radical (unpaired) electrons. The summed E-state index contributed by atoms with van der Waals surface area (Å²) >= 11 is 0. The van der Waals surface area contributed by atoms with Crippen LogP contribution in [0, 0.1) is 0 Å². The molecule has 0 aliphatic carbocycles. The lowest BCUT2D eigenvalue weighted by atomic mass is 10.3. The van der Waals surface area contributed by atoms with Crippen LogP contribution in [0.25, 0.3) is 0 Å². The fraction of sp³-hybridized carbons (Fsp3) is 0.400. The van der Waals surface area contributed by atoms with E-state index in [1.165, 1.54) is 6.42 Å². The molecule has 0 saturated carbocycles. The standard InChI is InChI=1S/C10H13NO2/c1-12-9-3-5-10(6-4-9)13-11-7-2-8-11/h3-6H,2,7-8H2,1H3. The molecule has 1 heterocycles. The minimum absolute atomic E-state index is 0.857. The van der Waals surface area contributed by atoms with Crippen molar-refractivity contribution in [1.29, 1.82) is 0 Å². The van der Waals surface area contributed by atoms with Gasteiger partial charge in [0.25, 0.3) is 0 Å². The zero-order valence-electron chi connectivity index (χ0n) is 7.69. The summed E-state index contributed by atoms with van der Waals surface area (Å²) in [4.78, 5) is 5.53. The lowest BCUT2D eigenvalue weighted by molar-refractivity contribution is -0.107. The van der Waals surface area contributed by atoms with E-state index in [0.717, 1.165) is 24.6 Å². The minimum Gasteiger partial charge on any atom is -0.497 e. The zero-order valence-corrected chi connectivity index (χ0v) is 7.69. The normalized spacial score (nSPS) is 16.4. The van der Waals surface area contributed by atoms with Crippen LogP contribution in [-0.4, -0.2) is 25.3 Å². The molecule has 0 bridgehead atoms. The molecule has 0 unspecified atom stereocenters. The number of methoxy groups -OCH3 is 1. The van der Waals surface area contributed by atoms with Crippen LogP contribution < -0.4 is 9.57 Å². The number of ether oxygens (including phenoxy) is 1. The van der Waals surface area contributed by atoms with Gasteiger partial charge in [-0.2, -0.15) is 0 Å². The van der Waals surface area contributed by atoms with Crippen LogP contribution in [0.3, 0.4) is 0 Å². The number of benzene rings is 1. The zero-order chi connectivity index (χ0) is 9.10. The first kappa shape index (κ1) is 8.38. The SMILES string of the molecule is COc1ccc(ON2CCC2)cc1. The van der Waals surface area contributed by atoms with Crippen LogP contribution in [0.2, 0.25) is 0 Å². The van der Waals surface area contributed by atoms with Crippen LogP contribution in [0.15, 0.2) is 24.3 Å². The molecule has 2 rings (SSSR count). The predicted molar refractivity (Wildman–Crippen MR) is 49.8 cm³/mol. The van der Waals surface area contributed by atoms with Crippen molar-refractivity contribution in [2.45, 2.75) is 6.42 Å². The molecule has 0 amide bonds. The van der Waals surface area contributed by atoms with Gasteiger partial charge in [0.2, 0.25) is 0 Å². The molecule has 3 heteroatoms. The average molecular weight is 179 g/mol. The molecule has 1 aromatic rings. The molecule has 3 nitrogen and oxygen atoms in total.